The van der Waals surface area contributed by atoms with Gasteiger partial charge in [-0.3, -0.25) is 0 Å². The number of carbonyl (C=O) groups is 1. The fraction of sp³-hybridized carbons (Fsp3) is 0.111. The van der Waals surface area contributed by atoms with Gasteiger partial charge in [0.1, 0.15) is 11.4 Å². The van der Waals surface area contributed by atoms with Crippen molar-refractivity contribution < 1.29 is 14.6 Å². The van der Waals surface area contributed by atoms with Gasteiger partial charge < -0.3 is 9.84 Å². The summed E-state index contributed by atoms with van der Waals surface area (Å²) < 4.78 is 4.96. The molecule has 0 unspecified atom stereocenters. The average Bonchev–Trinajstić information content (AvgIpc) is 2.18. The first-order chi connectivity index (χ1) is 6.69. The number of ether oxygens (including phenoxy) is 1. The van der Waals surface area contributed by atoms with Crippen LogP contribution >= 0.6 is 12.2 Å². The van der Waals surface area contributed by atoms with Crippen LogP contribution in [0.3, 0.4) is 0 Å². The van der Waals surface area contributed by atoms with Gasteiger partial charge in [0.15, 0.2) is 0 Å². The summed E-state index contributed by atoms with van der Waals surface area (Å²) in [5, 5.41) is 10.9. The number of benzene rings is 1. The maximum Gasteiger partial charge on any atom is 0.335 e. The number of carboxylic acids is 1. The van der Waals surface area contributed by atoms with E-state index in [-0.39, 0.29) is 5.56 Å². The zero-order valence-electron chi connectivity index (χ0n) is 7.35. The number of nitrogens with zero attached hydrogens (tertiary/aromatic N) is 1. The Hall–Kier alpha value is -1.71. The second-order valence-electron chi connectivity index (χ2n) is 2.39. The smallest absolute Gasteiger partial charge is 0.335 e. The first-order valence-corrected chi connectivity index (χ1v) is 4.09. The summed E-state index contributed by atoms with van der Waals surface area (Å²) in [4.78, 5) is 14.3. The Kier molecular flexibility index (Phi) is 3.34. The Morgan fingerprint density at radius 1 is 1.64 bits per heavy atom. The number of aromatic carboxylic acids is 1. The van der Waals surface area contributed by atoms with Crippen molar-refractivity contribution >= 4 is 29.0 Å². The molecule has 1 rings (SSSR count). The topological polar surface area (TPSA) is 58.9 Å². The fourth-order valence-electron chi connectivity index (χ4n) is 0.960. The molecule has 0 atom stereocenters. The van der Waals surface area contributed by atoms with E-state index in [9.17, 15) is 4.79 Å². The van der Waals surface area contributed by atoms with E-state index in [1.807, 2.05) is 0 Å². The lowest BCUT2D eigenvalue weighted by molar-refractivity contribution is 0.0697. The number of thiocarbonyl (C=S) groups is 1. The summed E-state index contributed by atoms with van der Waals surface area (Å²) >= 11 is 4.43. The summed E-state index contributed by atoms with van der Waals surface area (Å²) in [6.07, 6.45) is 0. The van der Waals surface area contributed by atoms with Crippen LogP contribution in [-0.4, -0.2) is 23.3 Å². The van der Waals surface area contributed by atoms with Gasteiger partial charge in [0.25, 0.3) is 0 Å². The molecule has 1 aromatic rings. The van der Waals surface area contributed by atoms with Crippen molar-refractivity contribution in [1.29, 1.82) is 0 Å². The molecule has 5 heteroatoms. The van der Waals surface area contributed by atoms with Crippen molar-refractivity contribution in [3.8, 4) is 5.75 Å². The van der Waals surface area contributed by atoms with Crippen LogP contribution in [0.15, 0.2) is 23.2 Å². The predicted molar refractivity (Wildman–Crippen MR) is 54.6 cm³/mol. The standard InChI is InChI=1S/C9H7NO3S/c1-13-8-3-2-6(9(11)12)4-7(8)10-5-14/h2-4H,1H3,(H,11,12). The van der Waals surface area contributed by atoms with Gasteiger partial charge in [0.05, 0.1) is 17.8 Å². The maximum absolute atomic E-state index is 10.6. The Labute approximate surface area is 85.8 Å². The molecule has 14 heavy (non-hydrogen) atoms. The van der Waals surface area contributed by atoms with Crippen LogP contribution in [0.1, 0.15) is 10.4 Å². The van der Waals surface area contributed by atoms with E-state index in [1.165, 1.54) is 25.3 Å². The highest BCUT2D eigenvalue weighted by molar-refractivity contribution is 7.78. The van der Waals surface area contributed by atoms with Crippen LogP contribution in [0.5, 0.6) is 5.75 Å². The Morgan fingerprint density at radius 3 is 2.86 bits per heavy atom. The second-order valence-corrected chi connectivity index (χ2v) is 2.58. The summed E-state index contributed by atoms with van der Waals surface area (Å²) in [7, 11) is 1.47. The van der Waals surface area contributed by atoms with E-state index in [4.69, 9.17) is 9.84 Å². The number of rotatable bonds is 3. The van der Waals surface area contributed by atoms with Gasteiger partial charge in [-0.05, 0) is 30.4 Å². The molecule has 72 valence electrons. The van der Waals surface area contributed by atoms with Crippen LogP contribution in [0.25, 0.3) is 0 Å². The first kappa shape index (κ1) is 10.4. The fourth-order valence-corrected chi connectivity index (χ4v) is 1.06. The van der Waals surface area contributed by atoms with Gasteiger partial charge in [-0.2, -0.15) is 4.99 Å². The highest BCUT2D eigenvalue weighted by atomic mass is 32.1. The van der Waals surface area contributed by atoms with E-state index in [1.54, 1.807) is 0 Å². The molecule has 0 fully saturated rings. The predicted octanol–water partition coefficient (Wildman–Crippen LogP) is 2.13. The van der Waals surface area contributed by atoms with Gasteiger partial charge in [-0.15, -0.1) is 0 Å². The lowest BCUT2D eigenvalue weighted by Crippen LogP contribution is -1.95. The maximum atomic E-state index is 10.6. The molecule has 0 bridgehead atoms. The van der Waals surface area contributed by atoms with Gasteiger partial charge >= 0.3 is 5.97 Å². The molecule has 0 heterocycles. The summed E-state index contributed by atoms with van der Waals surface area (Å²) in [6.45, 7) is 0. The third-order valence-corrected chi connectivity index (χ3v) is 1.68. The van der Waals surface area contributed by atoms with E-state index < -0.39 is 5.97 Å². The van der Waals surface area contributed by atoms with Crippen LogP contribution in [0, 0.1) is 0 Å². The van der Waals surface area contributed by atoms with Crippen molar-refractivity contribution in [3.63, 3.8) is 0 Å². The highest BCUT2D eigenvalue weighted by Gasteiger charge is 2.07. The summed E-state index contributed by atoms with van der Waals surface area (Å²) in [5.74, 6) is -0.555. The Morgan fingerprint density at radius 2 is 2.36 bits per heavy atom. The van der Waals surface area contributed by atoms with Crippen molar-refractivity contribution in [2.45, 2.75) is 0 Å². The molecule has 0 saturated carbocycles. The number of hydrogen-bond donors (Lipinski definition) is 1. The molecule has 0 radical (unpaired) electrons. The minimum absolute atomic E-state index is 0.134. The summed E-state index contributed by atoms with van der Waals surface area (Å²) in [5.41, 5.74) is 0.497. The van der Waals surface area contributed by atoms with Crippen LogP contribution in [0.2, 0.25) is 0 Å². The quantitative estimate of drug-likeness (QED) is 0.612. The second kappa shape index (κ2) is 4.50. The lowest BCUT2D eigenvalue weighted by atomic mass is 10.2. The SMILES string of the molecule is COc1ccc(C(=O)O)cc1N=C=S. The van der Waals surface area contributed by atoms with E-state index in [0.717, 1.165) is 0 Å². The third-order valence-electron chi connectivity index (χ3n) is 1.59. The molecular formula is C9H7NO3S. The number of hydrogen-bond acceptors (Lipinski definition) is 4. The number of aliphatic imine (C=N–C) groups is 1. The zero-order valence-corrected chi connectivity index (χ0v) is 8.17. The van der Waals surface area contributed by atoms with E-state index in [0.29, 0.717) is 11.4 Å². The molecule has 0 aliphatic rings. The molecular weight excluding hydrogens is 202 g/mol. The molecule has 0 aliphatic heterocycles. The molecule has 0 spiro atoms. The molecule has 0 aliphatic carbocycles. The van der Waals surface area contributed by atoms with Crippen molar-refractivity contribution in [2.24, 2.45) is 4.99 Å². The zero-order chi connectivity index (χ0) is 10.6. The van der Waals surface area contributed by atoms with Crippen molar-refractivity contribution in [3.05, 3.63) is 23.8 Å². The van der Waals surface area contributed by atoms with Crippen LogP contribution in [-0.2, 0) is 0 Å². The monoisotopic (exact) mass is 209 g/mol. The molecule has 1 aromatic carbocycles. The van der Waals surface area contributed by atoms with Crippen molar-refractivity contribution in [2.75, 3.05) is 7.11 Å². The largest absolute Gasteiger partial charge is 0.494 e. The Bertz CT molecular complexity index is 411. The van der Waals surface area contributed by atoms with Gasteiger partial charge in [0, 0.05) is 0 Å². The molecule has 1 N–H and O–H groups in total. The number of isothiocyanates is 1. The number of carboxylic acid groups (broad SMARTS) is 1. The minimum atomic E-state index is -1.02. The Balaban J connectivity index is 3.27. The van der Waals surface area contributed by atoms with Crippen molar-refractivity contribution in [1.82, 2.24) is 0 Å². The lowest BCUT2D eigenvalue weighted by Gasteiger charge is -2.03. The van der Waals surface area contributed by atoms with Crippen LogP contribution in [0.4, 0.5) is 5.69 Å². The van der Waals surface area contributed by atoms with E-state index >= 15 is 0 Å². The van der Waals surface area contributed by atoms with Crippen LogP contribution < -0.4 is 4.74 Å². The summed E-state index contributed by atoms with van der Waals surface area (Å²) in [6, 6.07) is 4.33. The van der Waals surface area contributed by atoms with Gasteiger partial charge in [0.2, 0.25) is 0 Å². The normalized spacial score (nSPS) is 8.93. The van der Waals surface area contributed by atoms with Gasteiger partial charge in [-0.1, -0.05) is 0 Å². The molecule has 0 saturated heterocycles. The van der Waals surface area contributed by atoms with Gasteiger partial charge in [-0.25, -0.2) is 4.79 Å². The third kappa shape index (κ3) is 2.16. The minimum Gasteiger partial charge on any atom is -0.494 e. The molecule has 0 aromatic heterocycles. The number of methoxy groups -OCH3 is 1. The highest BCUT2D eigenvalue weighted by Crippen LogP contribution is 2.27. The first-order valence-electron chi connectivity index (χ1n) is 3.68. The molecule has 4 nitrogen and oxygen atoms in total. The van der Waals surface area contributed by atoms with E-state index in [2.05, 4.69) is 22.4 Å². The molecule has 0 amide bonds. The average molecular weight is 209 g/mol.